The maximum atomic E-state index is 13.9. The molecule has 0 aliphatic rings. The molecule has 0 saturated heterocycles. The second-order valence-corrected chi connectivity index (χ2v) is 5.34. The number of aryl methyl sites for hydroxylation is 1. The lowest BCUT2D eigenvalue weighted by molar-refractivity contribution is 0.384. The topological polar surface area (TPSA) is 9.23 Å². The van der Waals surface area contributed by atoms with Gasteiger partial charge in [0.25, 0.3) is 0 Å². The number of methoxy groups -OCH3 is 1. The molecule has 1 aromatic carbocycles. The first kappa shape index (κ1) is 16.5. The van der Waals surface area contributed by atoms with Gasteiger partial charge in [0, 0.05) is 0 Å². The van der Waals surface area contributed by atoms with E-state index in [0.29, 0.717) is 12.2 Å². The summed E-state index contributed by atoms with van der Waals surface area (Å²) in [5.74, 6) is 0.0948. The normalized spacial score (nSPS) is 11.3. The van der Waals surface area contributed by atoms with Crippen LogP contribution in [0, 0.1) is 5.82 Å². The molecule has 0 aromatic heterocycles. The second-order valence-electron chi connectivity index (χ2n) is 5.34. The summed E-state index contributed by atoms with van der Waals surface area (Å²) in [5, 5.41) is 0. The fourth-order valence-corrected chi connectivity index (χ4v) is 2.07. The van der Waals surface area contributed by atoms with E-state index >= 15 is 0 Å². The molecule has 0 bridgehead atoms. The van der Waals surface area contributed by atoms with Crippen LogP contribution in [0.3, 0.4) is 0 Å². The zero-order valence-electron chi connectivity index (χ0n) is 13.0. The standard InChI is InChI=1S/C18H25FO/c1-14(2)8-5-9-15(3)10-6-11-16-12-7-13-17(20-4)18(16)19/h7-8,10,12-13H,5-6,9,11H2,1-4H3/b15-10+. The second kappa shape index (κ2) is 8.57. The Labute approximate surface area is 122 Å². The summed E-state index contributed by atoms with van der Waals surface area (Å²) in [4.78, 5) is 0. The summed E-state index contributed by atoms with van der Waals surface area (Å²) in [7, 11) is 1.50. The summed E-state index contributed by atoms with van der Waals surface area (Å²) in [5.41, 5.74) is 3.44. The highest BCUT2D eigenvalue weighted by molar-refractivity contribution is 5.31. The van der Waals surface area contributed by atoms with E-state index in [0.717, 1.165) is 24.8 Å². The molecule has 1 nitrogen and oxygen atoms in total. The van der Waals surface area contributed by atoms with Crippen molar-refractivity contribution < 1.29 is 9.13 Å². The molecule has 1 rings (SSSR count). The molecule has 2 heteroatoms. The van der Waals surface area contributed by atoms with Crippen molar-refractivity contribution in [2.75, 3.05) is 7.11 Å². The zero-order valence-corrected chi connectivity index (χ0v) is 13.0. The number of allylic oxidation sites excluding steroid dienone is 4. The van der Waals surface area contributed by atoms with E-state index in [9.17, 15) is 4.39 Å². The Bertz CT molecular complexity index is 482. The molecule has 0 aliphatic carbocycles. The number of hydrogen-bond donors (Lipinski definition) is 0. The number of benzene rings is 1. The van der Waals surface area contributed by atoms with E-state index in [2.05, 4.69) is 32.9 Å². The molecule has 0 spiro atoms. The Morgan fingerprint density at radius 1 is 1.15 bits per heavy atom. The first-order valence-corrected chi connectivity index (χ1v) is 7.15. The fourth-order valence-electron chi connectivity index (χ4n) is 2.07. The molecule has 110 valence electrons. The molecule has 0 atom stereocenters. The maximum absolute atomic E-state index is 13.9. The third-order valence-corrected chi connectivity index (χ3v) is 3.26. The van der Waals surface area contributed by atoms with Crippen molar-refractivity contribution >= 4 is 0 Å². The summed E-state index contributed by atoms with van der Waals surface area (Å²) in [6.45, 7) is 6.37. The lowest BCUT2D eigenvalue weighted by atomic mass is 10.0. The fraction of sp³-hybridized carbons (Fsp3) is 0.444. The largest absolute Gasteiger partial charge is 0.494 e. The molecular formula is C18H25FO. The van der Waals surface area contributed by atoms with Gasteiger partial charge in [-0.3, -0.25) is 0 Å². The molecule has 0 amide bonds. The van der Waals surface area contributed by atoms with Gasteiger partial charge < -0.3 is 4.74 Å². The number of ether oxygens (including phenoxy) is 1. The van der Waals surface area contributed by atoms with E-state index in [-0.39, 0.29) is 5.82 Å². The molecule has 0 saturated carbocycles. The van der Waals surface area contributed by atoms with Crippen LogP contribution < -0.4 is 4.74 Å². The first-order chi connectivity index (χ1) is 9.54. The molecule has 1 aromatic rings. The average molecular weight is 276 g/mol. The van der Waals surface area contributed by atoms with Gasteiger partial charge in [-0.05, 0) is 58.1 Å². The third kappa shape index (κ3) is 5.60. The molecule has 0 unspecified atom stereocenters. The van der Waals surface area contributed by atoms with Crippen molar-refractivity contribution in [2.45, 2.75) is 46.5 Å². The highest BCUT2D eigenvalue weighted by atomic mass is 19.1. The number of hydrogen-bond acceptors (Lipinski definition) is 1. The van der Waals surface area contributed by atoms with Crippen molar-refractivity contribution in [1.29, 1.82) is 0 Å². The number of halogens is 1. The van der Waals surface area contributed by atoms with Gasteiger partial charge in [-0.1, -0.05) is 35.4 Å². The zero-order chi connectivity index (χ0) is 15.0. The van der Waals surface area contributed by atoms with Gasteiger partial charge in [-0.25, -0.2) is 4.39 Å². The van der Waals surface area contributed by atoms with E-state index in [1.807, 2.05) is 12.1 Å². The highest BCUT2D eigenvalue weighted by Crippen LogP contribution is 2.21. The molecule has 0 heterocycles. The quantitative estimate of drug-likeness (QED) is 0.601. The van der Waals surface area contributed by atoms with E-state index < -0.39 is 0 Å². The van der Waals surface area contributed by atoms with Crippen LogP contribution >= 0.6 is 0 Å². The van der Waals surface area contributed by atoms with Gasteiger partial charge in [-0.15, -0.1) is 0 Å². The number of rotatable bonds is 7. The lowest BCUT2D eigenvalue weighted by Gasteiger charge is -2.06. The third-order valence-electron chi connectivity index (χ3n) is 3.26. The Balaban J connectivity index is 2.49. The van der Waals surface area contributed by atoms with E-state index in [1.165, 1.54) is 18.3 Å². The van der Waals surface area contributed by atoms with Gasteiger partial charge in [0.05, 0.1) is 7.11 Å². The molecular weight excluding hydrogens is 251 g/mol. The lowest BCUT2D eigenvalue weighted by Crippen LogP contribution is -1.94. The van der Waals surface area contributed by atoms with Gasteiger partial charge in [-0.2, -0.15) is 0 Å². The van der Waals surface area contributed by atoms with Crippen molar-refractivity contribution in [3.8, 4) is 5.75 Å². The average Bonchev–Trinajstić information content (AvgIpc) is 2.40. The minimum Gasteiger partial charge on any atom is -0.494 e. The molecule has 20 heavy (non-hydrogen) atoms. The Hall–Kier alpha value is -1.57. The van der Waals surface area contributed by atoms with Crippen molar-refractivity contribution in [3.63, 3.8) is 0 Å². The van der Waals surface area contributed by atoms with Crippen molar-refractivity contribution in [1.82, 2.24) is 0 Å². The van der Waals surface area contributed by atoms with Crippen LogP contribution in [0.15, 0.2) is 41.5 Å². The van der Waals surface area contributed by atoms with Gasteiger partial charge >= 0.3 is 0 Å². The van der Waals surface area contributed by atoms with Crippen LogP contribution in [0.1, 0.15) is 45.6 Å². The van der Waals surface area contributed by atoms with Crippen molar-refractivity contribution in [2.24, 2.45) is 0 Å². The summed E-state index contributed by atoms with van der Waals surface area (Å²) in [6.07, 6.45) is 8.19. The van der Waals surface area contributed by atoms with E-state index in [4.69, 9.17) is 4.74 Å². The van der Waals surface area contributed by atoms with Crippen LogP contribution in [-0.4, -0.2) is 7.11 Å². The van der Waals surface area contributed by atoms with Gasteiger partial charge in [0.1, 0.15) is 0 Å². The Morgan fingerprint density at radius 3 is 2.55 bits per heavy atom. The monoisotopic (exact) mass is 276 g/mol. The SMILES string of the molecule is COc1cccc(CC/C=C(\C)CCC=C(C)C)c1F. The Morgan fingerprint density at radius 2 is 1.90 bits per heavy atom. The maximum Gasteiger partial charge on any atom is 0.168 e. The molecule has 0 N–H and O–H groups in total. The minimum absolute atomic E-state index is 0.231. The molecule has 0 radical (unpaired) electrons. The van der Waals surface area contributed by atoms with Crippen LogP contribution in [0.2, 0.25) is 0 Å². The summed E-state index contributed by atoms with van der Waals surface area (Å²) >= 11 is 0. The summed E-state index contributed by atoms with van der Waals surface area (Å²) < 4.78 is 18.9. The molecule has 0 fully saturated rings. The molecule has 0 aliphatic heterocycles. The van der Waals surface area contributed by atoms with Crippen LogP contribution in [-0.2, 0) is 6.42 Å². The van der Waals surface area contributed by atoms with Gasteiger partial charge in [0.15, 0.2) is 11.6 Å². The van der Waals surface area contributed by atoms with Gasteiger partial charge in [0.2, 0.25) is 0 Å². The van der Waals surface area contributed by atoms with Crippen molar-refractivity contribution in [3.05, 3.63) is 52.9 Å². The smallest absolute Gasteiger partial charge is 0.168 e. The van der Waals surface area contributed by atoms with Crippen LogP contribution in [0.25, 0.3) is 0 Å². The minimum atomic E-state index is -0.231. The first-order valence-electron chi connectivity index (χ1n) is 7.15. The predicted octanol–water partition coefficient (Wildman–Crippen LogP) is 5.46. The van der Waals surface area contributed by atoms with E-state index in [1.54, 1.807) is 6.07 Å². The summed E-state index contributed by atoms with van der Waals surface area (Å²) in [6, 6.07) is 5.31. The predicted molar refractivity (Wildman–Crippen MR) is 83.7 cm³/mol. The highest BCUT2D eigenvalue weighted by Gasteiger charge is 2.06. The van der Waals surface area contributed by atoms with Crippen LogP contribution in [0.5, 0.6) is 5.75 Å². The Kier molecular flexibility index (Phi) is 7.06. The van der Waals surface area contributed by atoms with Crippen LogP contribution in [0.4, 0.5) is 4.39 Å².